The number of phenolic OH excluding ortho intramolecular Hbond substituents is 1. The van der Waals surface area contributed by atoms with E-state index in [1.807, 2.05) is 0 Å². The molecule has 0 aliphatic carbocycles. The Labute approximate surface area is 209 Å². The van der Waals surface area contributed by atoms with Crippen LogP contribution in [-0.4, -0.2) is 70.6 Å². The van der Waals surface area contributed by atoms with Crippen molar-refractivity contribution in [3.05, 3.63) is 29.8 Å². The molecule has 0 fully saturated rings. The third-order valence-electron chi connectivity index (χ3n) is 5.34. The molecule has 1 rings (SSSR count). The molecule has 0 heterocycles. The first kappa shape index (κ1) is 30.2. The third kappa shape index (κ3) is 10.6. The van der Waals surface area contributed by atoms with Crippen molar-refractivity contribution in [2.24, 2.45) is 28.1 Å². The van der Waals surface area contributed by atoms with Crippen LogP contribution in [0.1, 0.15) is 39.2 Å². The number of benzene rings is 1. The third-order valence-corrected chi connectivity index (χ3v) is 5.34. The van der Waals surface area contributed by atoms with Gasteiger partial charge in [0.1, 0.15) is 23.9 Å². The zero-order valence-corrected chi connectivity index (χ0v) is 20.7. The highest BCUT2D eigenvalue weighted by molar-refractivity contribution is 5.94. The van der Waals surface area contributed by atoms with Gasteiger partial charge >= 0.3 is 5.97 Å². The maximum atomic E-state index is 13.2. The summed E-state index contributed by atoms with van der Waals surface area (Å²) in [5, 5.41) is 26.2. The topological polar surface area (TPSA) is 235 Å². The number of nitrogens with two attached hydrogens (primary N) is 3. The molecule has 0 bridgehead atoms. The molecule has 0 aliphatic rings. The van der Waals surface area contributed by atoms with Gasteiger partial charge in [-0.1, -0.05) is 26.0 Å². The molecule has 1 aromatic rings. The summed E-state index contributed by atoms with van der Waals surface area (Å²) in [6.07, 6.45) is 0.466. The summed E-state index contributed by atoms with van der Waals surface area (Å²) in [7, 11) is 0. The molecule has 13 nitrogen and oxygen atoms in total. The number of phenols is 1. The number of aliphatic carboxylic acids is 1. The van der Waals surface area contributed by atoms with E-state index in [1.54, 1.807) is 26.0 Å². The number of carboxylic acids is 1. The van der Waals surface area contributed by atoms with Crippen LogP contribution in [0.2, 0.25) is 0 Å². The highest BCUT2D eigenvalue weighted by Gasteiger charge is 2.30. The van der Waals surface area contributed by atoms with Gasteiger partial charge in [-0.25, -0.2) is 0 Å². The summed E-state index contributed by atoms with van der Waals surface area (Å²) < 4.78 is 0. The van der Waals surface area contributed by atoms with E-state index in [4.69, 9.17) is 22.3 Å². The van der Waals surface area contributed by atoms with Gasteiger partial charge in [0.15, 0.2) is 5.96 Å². The van der Waals surface area contributed by atoms with Crippen molar-refractivity contribution < 1.29 is 29.4 Å². The van der Waals surface area contributed by atoms with Crippen LogP contribution < -0.4 is 33.2 Å². The van der Waals surface area contributed by atoms with Crippen molar-refractivity contribution >= 4 is 29.7 Å². The first-order valence-corrected chi connectivity index (χ1v) is 11.5. The van der Waals surface area contributed by atoms with E-state index >= 15 is 0 Å². The lowest BCUT2D eigenvalue weighted by molar-refractivity contribution is -0.141. The van der Waals surface area contributed by atoms with Crippen molar-refractivity contribution in [3.8, 4) is 5.75 Å². The van der Waals surface area contributed by atoms with Gasteiger partial charge in [0.05, 0.1) is 6.04 Å². The van der Waals surface area contributed by atoms with Gasteiger partial charge in [0.25, 0.3) is 0 Å². The summed E-state index contributed by atoms with van der Waals surface area (Å²) in [6, 6.07) is 1.80. The van der Waals surface area contributed by atoms with E-state index in [2.05, 4.69) is 20.9 Å². The molecule has 4 atom stereocenters. The van der Waals surface area contributed by atoms with E-state index in [0.717, 1.165) is 0 Å². The lowest BCUT2D eigenvalue weighted by Crippen LogP contribution is -2.57. The number of nitrogens with one attached hydrogen (secondary N) is 3. The Morgan fingerprint density at radius 2 is 1.47 bits per heavy atom. The Morgan fingerprint density at radius 3 is 2.00 bits per heavy atom. The summed E-state index contributed by atoms with van der Waals surface area (Å²) in [5.41, 5.74) is 17.2. The number of hydrogen-bond donors (Lipinski definition) is 8. The Kier molecular flexibility index (Phi) is 12.2. The van der Waals surface area contributed by atoms with Gasteiger partial charge in [-0.05, 0) is 43.4 Å². The standard InChI is InChI=1S/C23H37N7O6/c1-12(2)18(24)21(34)30-17(11-14-6-8-15(31)9-7-14)20(33)29-16(5-4-10-27-23(25)26)19(32)28-13(3)22(35)36/h6-9,12-13,16-18,31H,4-5,10-11,24H2,1-3H3,(H,28,32)(H,29,33)(H,30,34)(H,35,36)(H4,25,26,27). The predicted octanol–water partition coefficient (Wildman–Crippen LogP) is -1.47. The molecule has 13 heteroatoms. The molecular formula is C23H37N7O6. The van der Waals surface area contributed by atoms with Crippen LogP contribution in [-0.2, 0) is 25.6 Å². The Balaban J connectivity index is 3.11. The second-order valence-corrected chi connectivity index (χ2v) is 8.78. The minimum Gasteiger partial charge on any atom is -0.508 e. The fraction of sp³-hybridized carbons (Fsp3) is 0.522. The zero-order valence-electron chi connectivity index (χ0n) is 20.7. The predicted molar refractivity (Wildman–Crippen MR) is 134 cm³/mol. The van der Waals surface area contributed by atoms with Crippen LogP contribution in [0.25, 0.3) is 0 Å². The molecule has 3 amide bonds. The molecule has 200 valence electrons. The lowest BCUT2D eigenvalue weighted by atomic mass is 10.0. The summed E-state index contributed by atoms with van der Waals surface area (Å²) in [4.78, 5) is 53.6. The average Bonchev–Trinajstić information content (AvgIpc) is 2.80. The van der Waals surface area contributed by atoms with Gasteiger partial charge < -0.3 is 43.4 Å². The number of carbonyl (C=O) groups excluding carboxylic acids is 3. The summed E-state index contributed by atoms with van der Waals surface area (Å²) >= 11 is 0. The molecule has 0 radical (unpaired) electrons. The molecular weight excluding hydrogens is 470 g/mol. The van der Waals surface area contributed by atoms with Gasteiger partial charge in [-0.3, -0.25) is 24.2 Å². The number of carbonyl (C=O) groups is 4. The van der Waals surface area contributed by atoms with Crippen molar-refractivity contribution in [1.29, 1.82) is 0 Å². The molecule has 4 unspecified atom stereocenters. The monoisotopic (exact) mass is 507 g/mol. The molecule has 0 aliphatic heterocycles. The number of nitrogens with zero attached hydrogens (tertiary/aromatic N) is 1. The second kappa shape index (κ2) is 14.5. The Bertz CT molecular complexity index is 931. The average molecular weight is 508 g/mol. The van der Waals surface area contributed by atoms with Gasteiger partial charge in [0.2, 0.25) is 17.7 Å². The van der Waals surface area contributed by atoms with Crippen LogP contribution in [0.3, 0.4) is 0 Å². The fourth-order valence-corrected chi connectivity index (χ4v) is 3.07. The highest BCUT2D eigenvalue weighted by Crippen LogP contribution is 2.12. The van der Waals surface area contributed by atoms with Crippen LogP contribution >= 0.6 is 0 Å². The summed E-state index contributed by atoms with van der Waals surface area (Å²) in [5.74, 6) is -3.44. The van der Waals surface area contributed by atoms with Crippen LogP contribution in [0.5, 0.6) is 5.75 Å². The van der Waals surface area contributed by atoms with Crippen molar-refractivity contribution in [1.82, 2.24) is 16.0 Å². The van der Waals surface area contributed by atoms with Crippen LogP contribution in [0.4, 0.5) is 0 Å². The number of aliphatic imine (C=N–C) groups is 1. The normalized spacial score (nSPS) is 14.1. The number of aromatic hydroxyl groups is 1. The Morgan fingerprint density at radius 1 is 0.917 bits per heavy atom. The molecule has 0 aromatic heterocycles. The highest BCUT2D eigenvalue weighted by atomic mass is 16.4. The van der Waals surface area contributed by atoms with E-state index in [0.29, 0.717) is 12.0 Å². The molecule has 0 saturated heterocycles. The quantitative estimate of drug-likeness (QED) is 0.0832. The van der Waals surface area contributed by atoms with Crippen molar-refractivity contribution in [2.45, 2.75) is 64.2 Å². The van der Waals surface area contributed by atoms with Gasteiger partial charge in [-0.2, -0.15) is 0 Å². The van der Waals surface area contributed by atoms with E-state index in [9.17, 15) is 24.3 Å². The number of carboxylic acid groups (broad SMARTS) is 1. The van der Waals surface area contributed by atoms with Crippen molar-refractivity contribution in [2.75, 3.05) is 6.54 Å². The maximum Gasteiger partial charge on any atom is 0.325 e. The SMILES string of the molecule is CC(NC(=O)C(CCCN=C(N)N)NC(=O)C(Cc1ccc(O)cc1)NC(=O)C(N)C(C)C)C(=O)O. The molecule has 0 spiro atoms. The summed E-state index contributed by atoms with van der Waals surface area (Å²) in [6.45, 7) is 5.01. The minimum atomic E-state index is -1.24. The molecule has 36 heavy (non-hydrogen) atoms. The molecule has 11 N–H and O–H groups in total. The minimum absolute atomic E-state index is 0.0377. The number of rotatable bonds is 14. The molecule has 1 aromatic carbocycles. The number of amides is 3. The van der Waals surface area contributed by atoms with Crippen LogP contribution in [0.15, 0.2) is 29.3 Å². The number of hydrogen-bond acceptors (Lipinski definition) is 7. The van der Waals surface area contributed by atoms with Crippen LogP contribution in [0, 0.1) is 5.92 Å². The fourth-order valence-electron chi connectivity index (χ4n) is 3.07. The zero-order chi connectivity index (χ0) is 27.4. The second-order valence-electron chi connectivity index (χ2n) is 8.78. The first-order chi connectivity index (χ1) is 16.8. The van der Waals surface area contributed by atoms with Gasteiger partial charge in [0, 0.05) is 13.0 Å². The maximum absolute atomic E-state index is 13.2. The molecule has 0 saturated carbocycles. The van der Waals surface area contributed by atoms with Gasteiger partial charge in [-0.15, -0.1) is 0 Å². The van der Waals surface area contributed by atoms with E-state index in [1.165, 1.54) is 19.1 Å². The first-order valence-electron chi connectivity index (χ1n) is 11.5. The largest absolute Gasteiger partial charge is 0.508 e. The Hall–Kier alpha value is -3.87. The lowest BCUT2D eigenvalue weighted by Gasteiger charge is -2.25. The van der Waals surface area contributed by atoms with E-state index in [-0.39, 0.29) is 37.0 Å². The van der Waals surface area contributed by atoms with E-state index < -0.39 is 47.9 Å². The smallest absolute Gasteiger partial charge is 0.325 e. The number of guanidine groups is 1. The van der Waals surface area contributed by atoms with Crippen molar-refractivity contribution in [3.63, 3.8) is 0 Å².